The van der Waals surface area contributed by atoms with Gasteiger partial charge in [-0.1, -0.05) is 23.9 Å². The molecule has 2 aromatic rings. The van der Waals surface area contributed by atoms with E-state index >= 15 is 0 Å². The molecule has 1 aromatic carbocycles. The van der Waals surface area contributed by atoms with Gasteiger partial charge in [0.05, 0.1) is 19.5 Å². The summed E-state index contributed by atoms with van der Waals surface area (Å²) in [5.41, 5.74) is 3.50. The number of amidine groups is 1. The molecule has 3 heterocycles. The van der Waals surface area contributed by atoms with Gasteiger partial charge in [-0.15, -0.1) is 0 Å². The fraction of sp³-hybridized carbons (Fsp3) is 0.296. The molecule has 1 N–H and O–H groups in total. The largest absolute Gasteiger partial charge is 0.496 e. The van der Waals surface area contributed by atoms with Crippen LogP contribution in [0.4, 0.5) is 4.39 Å². The van der Waals surface area contributed by atoms with Gasteiger partial charge in [0, 0.05) is 17.7 Å². The lowest BCUT2D eigenvalue weighted by Crippen LogP contribution is -2.54. The van der Waals surface area contributed by atoms with Crippen LogP contribution in [0.1, 0.15) is 31.7 Å². The van der Waals surface area contributed by atoms with Gasteiger partial charge in [-0.2, -0.15) is 10.2 Å². The van der Waals surface area contributed by atoms with E-state index < -0.39 is 5.72 Å². The van der Waals surface area contributed by atoms with Gasteiger partial charge in [-0.3, -0.25) is 0 Å². The van der Waals surface area contributed by atoms with Crippen LogP contribution in [0.2, 0.25) is 0 Å². The minimum atomic E-state index is -1.09. The fourth-order valence-corrected chi connectivity index (χ4v) is 4.39. The molecule has 2 aliphatic rings. The Morgan fingerprint density at radius 2 is 2.17 bits per heavy atom. The number of aliphatic hydroxyl groups is 1. The maximum Gasteiger partial charge on any atom is 0.256 e. The molecule has 0 radical (unpaired) electrons. The summed E-state index contributed by atoms with van der Waals surface area (Å²) in [7, 11) is 1.64. The molecule has 4 rings (SSSR count). The quantitative estimate of drug-likeness (QED) is 0.425. The Morgan fingerprint density at radius 1 is 1.31 bits per heavy atom. The van der Waals surface area contributed by atoms with E-state index in [9.17, 15) is 9.50 Å². The van der Waals surface area contributed by atoms with Crippen molar-refractivity contribution >= 4 is 11.9 Å². The topological polar surface area (TPSA) is 80.1 Å². The number of nitrogens with zero attached hydrogens (tertiary/aromatic N) is 4. The number of rotatable bonds is 8. The molecule has 0 aliphatic carbocycles. The third kappa shape index (κ3) is 4.88. The number of benzene rings is 1. The maximum atomic E-state index is 13.4. The van der Waals surface area contributed by atoms with E-state index in [1.54, 1.807) is 19.5 Å². The molecule has 1 fully saturated rings. The van der Waals surface area contributed by atoms with Crippen LogP contribution in [0.15, 0.2) is 83.6 Å². The molecule has 1 aromatic heterocycles. The third-order valence-corrected chi connectivity index (χ3v) is 6.31. The minimum Gasteiger partial charge on any atom is -0.496 e. The van der Waals surface area contributed by atoms with Crippen molar-refractivity contribution in [3.8, 4) is 16.9 Å². The van der Waals surface area contributed by atoms with Gasteiger partial charge in [0.2, 0.25) is 0 Å². The van der Waals surface area contributed by atoms with Crippen molar-refractivity contribution in [1.82, 2.24) is 15.1 Å². The van der Waals surface area contributed by atoms with Crippen molar-refractivity contribution in [2.45, 2.75) is 31.9 Å². The Bertz CT molecular complexity index is 1210. The predicted octanol–water partition coefficient (Wildman–Crippen LogP) is 5.04. The maximum absolute atomic E-state index is 13.4. The molecule has 35 heavy (non-hydrogen) atoms. The first-order valence-corrected chi connectivity index (χ1v) is 11.5. The molecule has 2 aliphatic heterocycles. The number of ether oxygens (including phenoxy) is 1. The van der Waals surface area contributed by atoms with Gasteiger partial charge in [-0.05, 0) is 79.3 Å². The highest BCUT2D eigenvalue weighted by Gasteiger charge is 2.49. The third-order valence-electron chi connectivity index (χ3n) is 6.31. The molecule has 182 valence electrons. The number of aliphatic hydroxyl groups excluding tert-OH is 1. The Hall–Kier alpha value is -3.78. The number of hydrogen-bond acceptors (Lipinski definition) is 7. The first kappa shape index (κ1) is 24.3. The molecule has 0 saturated carbocycles. The molecule has 0 bridgehead atoms. The molecule has 1 saturated heterocycles. The van der Waals surface area contributed by atoms with E-state index in [4.69, 9.17) is 9.57 Å². The summed E-state index contributed by atoms with van der Waals surface area (Å²) < 4.78 is 19.1. The average molecular weight is 477 g/mol. The second kappa shape index (κ2) is 10.7. The minimum absolute atomic E-state index is 0.272. The Labute approximate surface area is 204 Å². The normalized spacial score (nSPS) is 21.4. The Kier molecular flexibility index (Phi) is 7.41. The van der Waals surface area contributed by atoms with Crippen LogP contribution < -0.4 is 4.74 Å². The van der Waals surface area contributed by atoms with Gasteiger partial charge < -0.3 is 19.6 Å². The highest BCUT2D eigenvalue weighted by atomic mass is 19.1. The van der Waals surface area contributed by atoms with Crippen molar-refractivity contribution in [3.05, 3.63) is 84.0 Å². The highest BCUT2D eigenvalue weighted by molar-refractivity contribution is 6.03. The van der Waals surface area contributed by atoms with Crippen LogP contribution in [0.3, 0.4) is 0 Å². The van der Waals surface area contributed by atoms with E-state index in [0.29, 0.717) is 18.8 Å². The summed E-state index contributed by atoms with van der Waals surface area (Å²) >= 11 is 0. The average Bonchev–Trinajstić information content (AvgIpc) is 3.30. The number of fused-ring (bicyclic) bond motifs is 1. The van der Waals surface area contributed by atoms with Crippen molar-refractivity contribution in [1.29, 1.82) is 0 Å². The predicted molar refractivity (Wildman–Crippen MR) is 134 cm³/mol. The smallest absolute Gasteiger partial charge is 0.256 e. The van der Waals surface area contributed by atoms with Crippen LogP contribution in [-0.2, 0) is 4.84 Å². The summed E-state index contributed by atoms with van der Waals surface area (Å²) in [5.74, 6) is 1.04. The zero-order valence-corrected chi connectivity index (χ0v) is 19.9. The molecule has 8 heteroatoms. The van der Waals surface area contributed by atoms with Crippen molar-refractivity contribution in [3.63, 3.8) is 0 Å². The zero-order chi connectivity index (χ0) is 24.8. The Balaban J connectivity index is 1.61. The first-order valence-electron chi connectivity index (χ1n) is 11.5. The number of methoxy groups -OCH3 is 1. The second-order valence-electron chi connectivity index (χ2n) is 8.38. The van der Waals surface area contributed by atoms with E-state index in [2.05, 4.69) is 28.0 Å². The molecular weight excluding hydrogens is 447 g/mol. The van der Waals surface area contributed by atoms with Crippen LogP contribution in [-0.4, -0.2) is 52.0 Å². The number of allylic oxidation sites excluding steroid dienone is 4. The van der Waals surface area contributed by atoms with E-state index in [1.807, 2.05) is 42.2 Å². The van der Waals surface area contributed by atoms with Crippen LogP contribution >= 0.6 is 0 Å². The van der Waals surface area contributed by atoms with E-state index in [0.717, 1.165) is 52.5 Å². The monoisotopic (exact) mass is 476 g/mol. The van der Waals surface area contributed by atoms with Crippen molar-refractivity contribution in [2.24, 2.45) is 5.16 Å². The van der Waals surface area contributed by atoms with E-state index in [1.165, 1.54) is 6.08 Å². The summed E-state index contributed by atoms with van der Waals surface area (Å²) in [6.45, 7) is 5.70. The zero-order valence-electron chi connectivity index (χ0n) is 19.9. The second-order valence-corrected chi connectivity index (χ2v) is 8.38. The highest BCUT2D eigenvalue weighted by Crippen LogP contribution is 2.38. The molecule has 0 amide bonds. The van der Waals surface area contributed by atoms with Crippen molar-refractivity contribution < 1.29 is 19.1 Å². The first-order chi connectivity index (χ1) is 17.0. The lowest BCUT2D eigenvalue weighted by atomic mass is 9.94. The fourth-order valence-electron chi connectivity index (χ4n) is 4.39. The van der Waals surface area contributed by atoms with Gasteiger partial charge >= 0.3 is 0 Å². The Morgan fingerprint density at radius 3 is 2.89 bits per heavy atom. The molecule has 1 unspecified atom stereocenters. The van der Waals surface area contributed by atoms with Crippen LogP contribution in [0.5, 0.6) is 5.75 Å². The summed E-state index contributed by atoms with van der Waals surface area (Å²) in [6.07, 6.45) is 11.9. The SMILES string of the molecule is C=C/C(F)=C\C/C=C(\C)C1(CO)ON=C2/C(=C/c3ccc(-c4ccnnc4)c(OC)c3)CCCN21. The summed E-state index contributed by atoms with van der Waals surface area (Å²) in [4.78, 5) is 7.85. The number of halogens is 1. The summed E-state index contributed by atoms with van der Waals surface area (Å²) in [6, 6.07) is 7.88. The molecule has 7 nitrogen and oxygen atoms in total. The number of piperidine rings is 1. The summed E-state index contributed by atoms with van der Waals surface area (Å²) in [5, 5.41) is 22.5. The van der Waals surface area contributed by atoms with Crippen LogP contribution in [0.25, 0.3) is 17.2 Å². The van der Waals surface area contributed by atoms with Gasteiger partial charge in [-0.25, -0.2) is 4.39 Å². The standard InChI is InChI=1S/C27H29FN4O3/c1-4-23(28)9-5-7-19(2)27(18-33)32-14-6-8-21(26(32)31-35-27)15-20-10-11-24(25(16-20)34-3)22-12-13-29-30-17-22/h4,7,9-13,15-17,33H,1,5-6,8,14,18H2,2-3H3/b19-7+,21-15+,23-9+. The lowest BCUT2D eigenvalue weighted by Gasteiger charge is -2.39. The van der Waals surface area contributed by atoms with Crippen molar-refractivity contribution in [2.75, 3.05) is 20.3 Å². The lowest BCUT2D eigenvalue weighted by molar-refractivity contribution is -0.101. The van der Waals surface area contributed by atoms with Gasteiger partial charge in [0.15, 0.2) is 5.84 Å². The van der Waals surface area contributed by atoms with E-state index in [-0.39, 0.29) is 12.4 Å². The van der Waals surface area contributed by atoms with Crippen LogP contribution in [0, 0.1) is 0 Å². The number of oxime groups is 1. The molecule has 0 spiro atoms. The van der Waals surface area contributed by atoms with Gasteiger partial charge in [0.1, 0.15) is 18.2 Å². The molecular formula is C27H29FN4O3. The number of hydrogen-bond donors (Lipinski definition) is 1. The molecule has 1 atom stereocenters. The number of aromatic nitrogens is 2. The van der Waals surface area contributed by atoms with Gasteiger partial charge in [0.25, 0.3) is 5.72 Å².